The van der Waals surface area contributed by atoms with Crippen LogP contribution in [0.4, 0.5) is 5.82 Å². The molecule has 0 unspecified atom stereocenters. The zero-order chi connectivity index (χ0) is 21.2. The van der Waals surface area contributed by atoms with Crippen molar-refractivity contribution in [2.75, 3.05) is 18.4 Å². The molecular formula is C19H23ClN6O2S. The van der Waals surface area contributed by atoms with Crippen LogP contribution in [-0.4, -0.2) is 41.3 Å². The van der Waals surface area contributed by atoms with Gasteiger partial charge in [-0.3, -0.25) is 0 Å². The number of sulfonamides is 1. The predicted octanol–water partition coefficient (Wildman–Crippen LogP) is 2.94. The largest absolute Gasteiger partial charge is 0.369 e. The second-order valence-corrected chi connectivity index (χ2v) is 8.83. The Labute approximate surface area is 175 Å². The number of nitrogens with zero attached hydrogens (tertiary/aromatic N) is 4. The van der Waals surface area contributed by atoms with Gasteiger partial charge in [-0.2, -0.15) is 5.10 Å². The molecule has 0 atom stereocenters. The first kappa shape index (κ1) is 21.2. The third kappa shape index (κ3) is 4.92. The van der Waals surface area contributed by atoms with E-state index in [1.807, 2.05) is 19.9 Å². The number of halogens is 1. The van der Waals surface area contributed by atoms with Crippen molar-refractivity contribution in [3.63, 3.8) is 0 Å². The van der Waals surface area contributed by atoms with E-state index in [0.717, 1.165) is 11.4 Å². The van der Waals surface area contributed by atoms with Crippen molar-refractivity contribution in [1.29, 1.82) is 0 Å². The van der Waals surface area contributed by atoms with Crippen molar-refractivity contribution < 1.29 is 8.42 Å². The first-order valence-electron chi connectivity index (χ1n) is 9.05. The summed E-state index contributed by atoms with van der Waals surface area (Å²) in [5.74, 6) is 1.84. The Hall–Kier alpha value is -2.49. The Bertz CT molecular complexity index is 1140. The molecule has 1 aromatic carbocycles. The number of aromatic nitrogens is 4. The van der Waals surface area contributed by atoms with Gasteiger partial charge in [0.2, 0.25) is 10.0 Å². The lowest BCUT2D eigenvalue weighted by Crippen LogP contribution is -2.29. The maximum absolute atomic E-state index is 12.5. The van der Waals surface area contributed by atoms with Crippen LogP contribution in [0, 0.1) is 27.7 Å². The molecule has 3 rings (SSSR count). The fraction of sp³-hybridized carbons (Fsp3) is 0.316. The normalized spacial score (nSPS) is 11.6. The van der Waals surface area contributed by atoms with E-state index in [4.69, 9.17) is 11.6 Å². The maximum Gasteiger partial charge on any atom is 0.240 e. The third-order valence-corrected chi connectivity index (χ3v) is 6.30. The van der Waals surface area contributed by atoms with E-state index in [-0.39, 0.29) is 11.4 Å². The van der Waals surface area contributed by atoms with Gasteiger partial charge in [0, 0.05) is 29.9 Å². The highest BCUT2D eigenvalue weighted by molar-refractivity contribution is 7.89. The summed E-state index contributed by atoms with van der Waals surface area (Å²) < 4.78 is 29.4. The summed E-state index contributed by atoms with van der Waals surface area (Å²) in [6.45, 7) is 7.89. The number of benzene rings is 1. The van der Waals surface area contributed by atoms with Crippen LogP contribution in [0.3, 0.4) is 0 Å². The summed E-state index contributed by atoms with van der Waals surface area (Å²) in [5.41, 5.74) is 2.39. The molecule has 0 spiro atoms. The van der Waals surface area contributed by atoms with Crippen LogP contribution >= 0.6 is 11.6 Å². The average molecular weight is 435 g/mol. The van der Waals surface area contributed by atoms with Gasteiger partial charge in [-0.25, -0.2) is 27.8 Å². The molecule has 0 aliphatic heterocycles. The van der Waals surface area contributed by atoms with Crippen LogP contribution < -0.4 is 10.0 Å². The van der Waals surface area contributed by atoms with Gasteiger partial charge in [0.15, 0.2) is 5.82 Å². The number of aryl methyl sites for hydroxylation is 3. The molecule has 0 amide bonds. The van der Waals surface area contributed by atoms with Crippen molar-refractivity contribution in [2.45, 2.75) is 32.6 Å². The molecule has 0 bridgehead atoms. The van der Waals surface area contributed by atoms with E-state index in [2.05, 4.69) is 25.1 Å². The summed E-state index contributed by atoms with van der Waals surface area (Å²) in [6, 6.07) is 8.56. The summed E-state index contributed by atoms with van der Waals surface area (Å²) in [7, 11) is -3.65. The first-order valence-corrected chi connectivity index (χ1v) is 10.9. The van der Waals surface area contributed by atoms with Gasteiger partial charge >= 0.3 is 0 Å². The Kier molecular flexibility index (Phi) is 6.21. The second-order valence-electron chi connectivity index (χ2n) is 6.69. The van der Waals surface area contributed by atoms with Crippen molar-refractivity contribution in [1.82, 2.24) is 24.5 Å². The van der Waals surface area contributed by atoms with Gasteiger partial charge in [-0.15, -0.1) is 0 Å². The topological polar surface area (TPSA) is 102 Å². The molecular weight excluding hydrogens is 412 g/mol. The molecule has 0 saturated carbocycles. The zero-order valence-corrected chi connectivity index (χ0v) is 18.3. The number of anilines is 1. The van der Waals surface area contributed by atoms with Crippen molar-refractivity contribution in [3.8, 4) is 5.82 Å². The second kappa shape index (κ2) is 8.48. The molecule has 2 heterocycles. The molecule has 0 saturated heterocycles. The van der Waals surface area contributed by atoms with Gasteiger partial charge in [0.05, 0.1) is 10.6 Å². The van der Waals surface area contributed by atoms with E-state index in [1.54, 1.807) is 36.7 Å². The molecule has 2 aromatic heterocycles. The molecule has 0 radical (unpaired) electrons. The van der Waals surface area contributed by atoms with E-state index < -0.39 is 10.0 Å². The Morgan fingerprint density at radius 2 is 1.83 bits per heavy atom. The maximum atomic E-state index is 12.5. The Morgan fingerprint density at radius 1 is 1.07 bits per heavy atom. The molecule has 3 aromatic rings. The summed E-state index contributed by atoms with van der Waals surface area (Å²) >= 11 is 6.03. The number of hydrogen-bond donors (Lipinski definition) is 2. The fourth-order valence-corrected chi connectivity index (χ4v) is 4.47. The van der Waals surface area contributed by atoms with Gasteiger partial charge < -0.3 is 5.32 Å². The molecule has 0 aliphatic carbocycles. The van der Waals surface area contributed by atoms with Crippen LogP contribution in [0.1, 0.15) is 22.8 Å². The van der Waals surface area contributed by atoms with E-state index in [0.29, 0.717) is 34.6 Å². The highest BCUT2D eigenvalue weighted by Crippen LogP contribution is 2.22. The van der Waals surface area contributed by atoms with Crippen LogP contribution in [0.5, 0.6) is 0 Å². The molecule has 10 heteroatoms. The van der Waals surface area contributed by atoms with Crippen molar-refractivity contribution in [2.24, 2.45) is 0 Å². The minimum atomic E-state index is -3.65. The lowest BCUT2D eigenvalue weighted by molar-refractivity contribution is 0.582. The minimum Gasteiger partial charge on any atom is -0.369 e. The number of hydrogen-bond acceptors (Lipinski definition) is 6. The minimum absolute atomic E-state index is 0.176. The molecule has 2 N–H and O–H groups in total. The lowest BCUT2D eigenvalue weighted by atomic mass is 10.2. The Balaban J connectivity index is 1.66. The predicted molar refractivity (Wildman–Crippen MR) is 113 cm³/mol. The average Bonchev–Trinajstić information content (AvgIpc) is 2.99. The fourth-order valence-electron chi connectivity index (χ4n) is 2.94. The third-order valence-electron chi connectivity index (χ3n) is 4.28. The number of rotatable bonds is 7. The van der Waals surface area contributed by atoms with Crippen molar-refractivity contribution >= 4 is 27.4 Å². The van der Waals surface area contributed by atoms with Crippen LogP contribution in [0.2, 0.25) is 5.02 Å². The first-order chi connectivity index (χ1) is 13.7. The smallest absolute Gasteiger partial charge is 0.240 e. The summed E-state index contributed by atoms with van der Waals surface area (Å²) in [4.78, 5) is 8.96. The van der Waals surface area contributed by atoms with Crippen LogP contribution in [-0.2, 0) is 10.0 Å². The van der Waals surface area contributed by atoms with E-state index in [9.17, 15) is 8.42 Å². The standard InChI is InChI=1S/C19H23ClN6O2S/c1-12-10-13(2)26(25-12)19-11-18(23-15(4)24-19)21-8-9-22-29(27,28)17-7-5-6-16(20)14(17)3/h5-7,10-11,22H,8-9H2,1-4H3,(H,21,23,24). The van der Waals surface area contributed by atoms with Gasteiger partial charge in [0.25, 0.3) is 0 Å². The van der Waals surface area contributed by atoms with Crippen LogP contribution in [0.15, 0.2) is 35.2 Å². The Morgan fingerprint density at radius 3 is 2.52 bits per heavy atom. The zero-order valence-electron chi connectivity index (χ0n) is 16.7. The quantitative estimate of drug-likeness (QED) is 0.554. The van der Waals surface area contributed by atoms with Gasteiger partial charge in [-0.05, 0) is 51.5 Å². The monoisotopic (exact) mass is 434 g/mol. The SMILES string of the molecule is Cc1cc(C)n(-c2cc(NCCNS(=O)(=O)c3cccc(Cl)c3C)nc(C)n2)n1. The van der Waals surface area contributed by atoms with Gasteiger partial charge in [0.1, 0.15) is 11.6 Å². The highest BCUT2D eigenvalue weighted by Gasteiger charge is 2.17. The van der Waals surface area contributed by atoms with E-state index in [1.165, 1.54) is 6.07 Å². The molecule has 0 fully saturated rings. The number of nitrogens with one attached hydrogen (secondary N) is 2. The summed E-state index contributed by atoms with van der Waals surface area (Å²) in [5, 5.41) is 7.98. The summed E-state index contributed by atoms with van der Waals surface area (Å²) in [6.07, 6.45) is 0. The van der Waals surface area contributed by atoms with E-state index >= 15 is 0 Å². The molecule has 8 nitrogen and oxygen atoms in total. The molecule has 29 heavy (non-hydrogen) atoms. The van der Waals surface area contributed by atoms with Gasteiger partial charge in [-0.1, -0.05) is 17.7 Å². The lowest BCUT2D eigenvalue weighted by Gasteiger charge is -2.12. The van der Waals surface area contributed by atoms with Crippen molar-refractivity contribution in [3.05, 3.63) is 58.1 Å². The molecule has 0 aliphatic rings. The molecule has 154 valence electrons. The van der Waals surface area contributed by atoms with Crippen LogP contribution in [0.25, 0.3) is 5.82 Å². The highest BCUT2D eigenvalue weighted by atomic mass is 35.5.